The second-order valence-corrected chi connectivity index (χ2v) is 3.15. The van der Waals surface area contributed by atoms with Crippen molar-refractivity contribution in [3.05, 3.63) is 0 Å². The Morgan fingerprint density at radius 1 is 0.850 bits per heavy atom. The van der Waals surface area contributed by atoms with Crippen LogP contribution in [0, 0.1) is 0 Å². The molecule has 0 N–H and O–H groups in total. The fraction of sp³-hybridized carbons (Fsp3) is 1.00. The van der Waals surface area contributed by atoms with Crippen LogP contribution in [0.3, 0.4) is 0 Å². The molecular weight excluding hydrogens is 325 g/mol. The van der Waals surface area contributed by atoms with E-state index in [-0.39, 0.29) is 0 Å². The van der Waals surface area contributed by atoms with Gasteiger partial charge in [-0.05, 0) is 0 Å². The molecule has 0 aliphatic heterocycles. The van der Waals surface area contributed by atoms with Crippen LogP contribution in [0.25, 0.3) is 0 Å². The lowest BCUT2D eigenvalue weighted by Gasteiger charge is -2.35. The van der Waals surface area contributed by atoms with Crippen molar-refractivity contribution in [1.29, 1.82) is 0 Å². The first-order valence-corrected chi connectivity index (χ1v) is 4.36. The lowest BCUT2D eigenvalue weighted by atomic mass is 10.2. The van der Waals surface area contributed by atoms with Crippen LogP contribution in [-0.4, -0.2) is 44.0 Å². The van der Waals surface area contributed by atoms with Gasteiger partial charge in [0.1, 0.15) is 6.67 Å². The highest BCUT2D eigenvalue weighted by Crippen LogP contribution is 2.50. The van der Waals surface area contributed by atoms with E-state index in [0.29, 0.717) is 0 Å². The summed E-state index contributed by atoms with van der Waals surface area (Å²) in [5.74, 6) is -6.60. The lowest BCUT2D eigenvalue weighted by Crippen LogP contribution is -2.62. The van der Waals surface area contributed by atoms with Gasteiger partial charge < -0.3 is 0 Å². The van der Waals surface area contributed by atoms with Crippen molar-refractivity contribution in [3.63, 3.8) is 0 Å². The molecule has 20 heavy (non-hydrogen) atoms. The molecule has 0 heterocycles. The molecular formula is C7H5F11O2. The molecule has 0 radical (unpaired) electrons. The first kappa shape index (κ1) is 19.1. The molecule has 0 aromatic carbocycles. The van der Waals surface area contributed by atoms with Crippen LogP contribution < -0.4 is 0 Å². The van der Waals surface area contributed by atoms with E-state index in [0.717, 1.165) is 0 Å². The van der Waals surface area contributed by atoms with Crippen molar-refractivity contribution >= 4 is 0 Å². The summed E-state index contributed by atoms with van der Waals surface area (Å²) in [6, 6.07) is 0. The van der Waals surface area contributed by atoms with Gasteiger partial charge in [-0.25, -0.2) is 13.2 Å². The Morgan fingerprint density at radius 3 is 1.60 bits per heavy atom. The minimum Gasteiger partial charge on any atom is -0.284 e. The van der Waals surface area contributed by atoms with E-state index < -0.39 is 44.0 Å². The zero-order chi connectivity index (χ0) is 16.4. The average Bonchev–Trinajstić information content (AvgIpc) is 2.25. The SMILES string of the molecule is FCOC(F)(F)C(F)(OC(F)(F)C(F)CF)C(F)(F)F. The molecule has 0 saturated heterocycles. The summed E-state index contributed by atoms with van der Waals surface area (Å²) in [6.45, 7) is -5.36. The second kappa shape index (κ2) is 5.87. The molecule has 0 bridgehead atoms. The molecule has 2 nitrogen and oxygen atoms in total. The van der Waals surface area contributed by atoms with Crippen molar-refractivity contribution in [1.82, 2.24) is 0 Å². The summed E-state index contributed by atoms with van der Waals surface area (Å²) in [6.07, 6.45) is -23.2. The Kier molecular flexibility index (Phi) is 5.62. The molecule has 122 valence electrons. The third-order valence-corrected chi connectivity index (χ3v) is 1.75. The highest BCUT2D eigenvalue weighted by atomic mass is 19.4. The number of ether oxygens (including phenoxy) is 2. The Labute approximate surface area is 103 Å². The van der Waals surface area contributed by atoms with E-state index in [2.05, 4.69) is 9.47 Å². The van der Waals surface area contributed by atoms with E-state index in [9.17, 15) is 48.3 Å². The molecule has 2 unspecified atom stereocenters. The van der Waals surface area contributed by atoms with E-state index in [4.69, 9.17) is 0 Å². The molecule has 0 aromatic rings. The van der Waals surface area contributed by atoms with Gasteiger partial charge in [-0.3, -0.25) is 9.47 Å². The largest absolute Gasteiger partial charge is 0.458 e. The molecule has 0 amide bonds. The summed E-state index contributed by atoms with van der Waals surface area (Å²) < 4.78 is 140. The molecule has 0 aromatic heterocycles. The lowest BCUT2D eigenvalue weighted by molar-refractivity contribution is -0.507. The van der Waals surface area contributed by atoms with Gasteiger partial charge in [-0.2, -0.15) is 35.1 Å². The van der Waals surface area contributed by atoms with E-state index in [1.165, 1.54) is 0 Å². The highest BCUT2D eigenvalue weighted by molar-refractivity contribution is 4.89. The summed E-state index contributed by atoms with van der Waals surface area (Å²) >= 11 is 0. The van der Waals surface area contributed by atoms with Gasteiger partial charge in [-0.15, -0.1) is 0 Å². The standard InChI is InChI=1S/C7H5F11O2/c8-1-3(10)4(11,12)20-5(13,6(14,15)16)7(17,18)19-2-9/h3H,1-2H2. The van der Waals surface area contributed by atoms with E-state index in [1.807, 2.05) is 0 Å². The first-order valence-electron chi connectivity index (χ1n) is 4.36. The number of hydrogen-bond acceptors (Lipinski definition) is 2. The Bertz CT molecular complexity index is 316. The van der Waals surface area contributed by atoms with Crippen molar-refractivity contribution in [3.8, 4) is 0 Å². The monoisotopic (exact) mass is 330 g/mol. The van der Waals surface area contributed by atoms with Crippen LogP contribution in [0.2, 0.25) is 0 Å². The maximum atomic E-state index is 13.1. The fourth-order valence-corrected chi connectivity index (χ4v) is 0.785. The van der Waals surface area contributed by atoms with E-state index >= 15 is 0 Å². The van der Waals surface area contributed by atoms with Crippen LogP contribution in [0.5, 0.6) is 0 Å². The van der Waals surface area contributed by atoms with Crippen LogP contribution in [-0.2, 0) is 9.47 Å². The molecule has 0 spiro atoms. The predicted octanol–water partition coefficient (Wildman–Crippen LogP) is 3.67. The van der Waals surface area contributed by atoms with Gasteiger partial charge in [-0.1, -0.05) is 0 Å². The average molecular weight is 330 g/mol. The summed E-state index contributed by atoms with van der Waals surface area (Å²) in [5.41, 5.74) is 0. The topological polar surface area (TPSA) is 18.5 Å². The number of halogens is 11. The van der Waals surface area contributed by atoms with Gasteiger partial charge in [0.25, 0.3) is 0 Å². The normalized spacial score (nSPS) is 18.8. The summed E-state index contributed by atoms with van der Waals surface area (Å²) in [5, 5.41) is 0. The smallest absolute Gasteiger partial charge is 0.284 e. The molecule has 0 aliphatic rings. The van der Waals surface area contributed by atoms with Crippen LogP contribution in [0.1, 0.15) is 0 Å². The number of hydrogen-bond donors (Lipinski definition) is 0. The number of rotatable bonds is 7. The van der Waals surface area contributed by atoms with Crippen LogP contribution in [0.4, 0.5) is 48.3 Å². The quantitative estimate of drug-likeness (QED) is 0.663. The van der Waals surface area contributed by atoms with Crippen LogP contribution in [0.15, 0.2) is 0 Å². The fourth-order valence-electron chi connectivity index (χ4n) is 0.785. The van der Waals surface area contributed by atoms with Gasteiger partial charge in [0, 0.05) is 0 Å². The third kappa shape index (κ3) is 3.62. The molecule has 0 fully saturated rings. The molecule has 0 saturated carbocycles. The van der Waals surface area contributed by atoms with Crippen molar-refractivity contribution < 1.29 is 57.8 Å². The molecule has 0 aliphatic carbocycles. The van der Waals surface area contributed by atoms with Crippen LogP contribution >= 0.6 is 0 Å². The number of alkyl halides is 11. The van der Waals surface area contributed by atoms with Gasteiger partial charge in [0.15, 0.2) is 6.86 Å². The second-order valence-electron chi connectivity index (χ2n) is 3.15. The zero-order valence-corrected chi connectivity index (χ0v) is 8.97. The molecule has 13 heteroatoms. The third-order valence-electron chi connectivity index (χ3n) is 1.75. The minimum atomic E-state index is -6.87. The Hall–Kier alpha value is -0.850. The van der Waals surface area contributed by atoms with Gasteiger partial charge in [0.05, 0.1) is 0 Å². The van der Waals surface area contributed by atoms with Gasteiger partial charge >= 0.3 is 24.2 Å². The van der Waals surface area contributed by atoms with Crippen molar-refractivity contribution in [2.45, 2.75) is 30.4 Å². The maximum Gasteiger partial charge on any atom is 0.458 e. The van der Waals surface area contributed by atoms with Gasteiger partial charge in [0.2, 0.25) is 6.17 Å². The molecule has 0 rings (SSSR count). The predicted molar refractivity (Wildman–Crippen MR) is 38.8 cm³/mol. The first-order chi connectivity index (χ1) is 8.75. The van der Waals surface area contributed by atoms with Crippen molar-refractivity contribution in [2.75, 3.05) is 13.5 Å². The van der Waals surface area contributed by atoms with Crippen molar-refractivity contribution in [2.24, 2.45) is 0 Å². The summed E-state index contributed by atoms with van der Waals surface area (Å²) in [4.78, 5) is 0. The minimum absolute atomic E-state index is 2.08. The maximum absolute atomic E-state index is 13.1. The highest BCUT2D eigenvalue weighted by Gasteiger charge is 2.78. The summed E-state index contributed by atoms with van der Waals surface area (Å²) in [7, 11) is 0. The Balaban J connectivity index is 5.60. The zero-order valence-electron chi connectivity index (χ0n) is 8.97. The van der Waals surface area contributed by atoms with E-state index in [1.54, 1.807) is 0 Å². The molecule has 2 atom stereocenters. The Morgan fingerprint density at radius 2 is 1.30 bits per heavy atom.